The number of nitrogens with zero attached hydrogens (tertiary/aromatic N) is 1. The van der Waals surface area contributed by atoms with Crippen molar-refractivity contribution in [1.29, 1.82) is 0 Å². The number of aromatic nitrogens is 1. The molecular formula is C8H7ClN4OS. The predicted octanol–water partition coefficient (Wildman–Crippen LogP) is 1.94. The van der Waals surface area contributed by atoms with Crippen LogP contribution in [0, 0.1) is 0 Å². The minimum atomic E-state index is -0.660. The fourth-order valence-electron chi connectivity index (χ4n) is 1.07. The Balaban J connectivity index is 2.27. The first-order valence-corrected chi connectivity index (χ1v) is 5.22. The minimum Gasteiger partial charge on any atom is -0.350 e. The SMILES string of the molecule is NC(=O)NNc1nc2ccc(Cl)cc2s1. The van der Waals surface area contributed by atoms with E-state index >= 15 is 0 Å². The number of nitrogens with one attached hydrogen (secondary N) is 2. The molecule has 1 heterocycles. The maximum atomic E-state index is 10.4. The summed E-state index contributed by atoms with van der Waals surface area (Å²) in [6.07, 6.45) is 0. The summed E-state index contributed by atoms with van der Waals surface area (Å²) < 4.78 is 0.941. The molecule has 2 amide bonds. The number of hydrogen-bond acceptors (Lipinski definition) is 4. The van der Waals surface area contributed by atoms with Crippen molar-refractivity contribution in [1.82, 2.24) is 10.4 Å². The minimum absolute atomic E-state index is 0.561. The van der Waals surface area contributed by atoms with Gasteiger partial charge in [0.05, 0.1) is 10.2 Å². The monoisotopic (exact) mass is 242 g/mol. The molecule has 1 aromatic carbocycles. The Hall–Kier alpha value is -1.53. The van der Waals surface area contributed by atoms with Gasteiger partial charge in [0.15, 0.2) is 0 Å². The zero-order chi connectivity index (χ0) is 10.8. The third-order valence-corrected chi connectivity index (χ3v) is 2.81. The molecule has 1 aromatic heterocycles. The number of urea groups is 1. The van der Waals surface area contributed by atoms with E-state index in [-0.39, 0.29) is 0 Å². The number of halogens is 1. The molecule has 0 unspecified atom stereocenters. The van der Waals surface area contributed by atoms with Crippen LogP contribution in [-0.4, -0.2) is 11.0 Å². The molecule has 78 valence electrons. The summed E-state index contributed by atoms with van der Waals surface area (Å²) in [5.41, 5.74) is 10.6. The normalized spacial score (nSPS) is 10.2. The molecule has 0 atom stereocenters. The molecule has 0 saturated heterocycles. The highest BCUT2D eigenvalue weighted by atomic mass is 35.5. The molecule has 2 aromatic rings. The van der Waals surface area contributed by atoms with Crippen molar-refractivity contribution >= 4 is 44.3 Å². The highest BCUT2D eigenvalue weighted by molar-refractivity contribution is 7.22. The van der Waals surface area contributed by atoms with E-state index in [2.05, 4.69) is 15.8 Å². The second-order valence-electron chi connectivity index (χ2n) is 2.75. The molecule has 5 nitrogen and oxygen atoms in total. The van der Waals surface area contributed by atoms with Gasteiger partial charge < -0.3 is 5.73 Å². The van der Waals surface area contributed by atoms with E-state index in [9.17, 15) is 4.79 Å². The van der Waals surface area contributed by atoms with E-state index in [0.717, 1.165) is 10.2 Å². The van der Waals surface area contributed by atoms with Crippen LogP contribution in [0.15, 0.2) is 18.2 Å². The van der Waals surface area contributed by atoms with Gasteiger partial charge in [0, 0.05) is 5.02 Å². The maximum absolute atomic E-state index is 10.4. The van der Waals surface area contributed by atoms with E-state index in [0.29, 0.717) is 10.2 Å². The summed E-state index contributed by atoms with van der Waals surface area (Å²) in [4.78, 5) is 14.7. The quantitative estimate of drug-likeness (QED) is 0.704. The van der Waals surface area contributed by atoms with Crippen molar-refractivity contribution in [2.24, 2.45) is 5.73 Å². The van der Waals surface area contributed by atoms with Gasteiger partial charge in [-0.05, 0) is 18.2 Å². The number of nitrogens with two attached hydrogens (primary N) is 1. The molecule has 0 spiro atoms. The van der Waals surface area contributed by atoms with E-state index in [1.165, 1.54) is 11.3 Å². The lowest BCUT2D eigenvalue weighted by molar-refractivity contribution is 0.250. The van der Waals surface area contributed by atoms with E-state index in [1.54, 1.807) is 6.07 Å². The first kappa shape index (κ1) is 10.0. The zero-order valence-corrected chi connectivity index (χ0v) is 9.02. The molecule has 15 heavy (non-hydrogen) atoms. The largest absolute Gasteiger partial charge is 0.350 e. The van der Waals surface area contributed by atoms with Crippen molar-refractivity contribution in [3.63, 3.8) is 0 Å². The fraction of sp³-hybridized carbons (Fsp3) is 0. The second-order valence-corrected chi connectivity index (χ2v) is 4.21. The van der Waals surface area contributed by atoms with Crippen LogP contribution in [0.3, 0.4) is 0 Å². The number of hydrazine groups is 1. The number of fused-ring (bicyclic) bond motifs is 1. The van der Waals surface area contributed by atoms with E-state index in [4.69, 9.17) is 17.3 Å². The topological polar surface area (TPSA) is 80.0 Å². The first-order chi connectivity index (χ1) is 7.15. The van der Waals surface area contributed by atoms with Crippen LogP contribution < -0.4 is 16.6 Å². The number of carbonyl (C=O) groups excluding carboxylic acids is 1. The number of rotatable bonds is 2. The van der Waals surface area contributed by atoms with E-state index < -0.39 is 6.03 Å². The molecule has 2 rings (SSSR count). The molecule has 0 radical (unpaired) electrons. The number of thiazole rings is 1. The fourth-order valence-corrected chi connectivity index (χ4v) is 2.16. The van der Waals surface area contributed by atoms with Crippen molar-refractivity contribution in [3.8, 4) is 0 Å². The van der Waals surface area contributed by atoms with Gasteiger partial charge in [0.25, 0.3) is 0 Å². The Labute approximate surface area is 94.2 Å². The summed E-state index contributed by atoms with van der Waals surface area (Å²) >= 11 is 7.20. The summed E-state index contributed by atoms with van der Waals surface area (Å²) in [6.45, 7) is 0. The lowest BCUT2D eigenvalue weighted by Crippen LogP contribution is -2.34. The highest BCUT2D eigenvalue weighted by Gasteiger charge is 2.03. The van der Waals surface area contributed by atoms with Crippen molar-refractivity contribution in [2.75, 3.05) is 5.43 Å². The average Bonchev–Trinajstić information content (AvgIpc) is 2.56. The van der Waals surface area contributed by atoms with Gasteiger partial charge in [0.1, 0.15) is 0 Å². The number of benzene rings is 1. The smallest absolute Gasteiger partial charge is 0.330 e. The number of hydrogen-bond donors (Lipinski definition) is 3. The van der Waals surface area contributed by atoms with Crippen LogP contribution in [0.1, 0.15) is 0 Å². The third kappa shape index (κ3) is 2.28. The Bertz CT molecular complexity index is 512. The maximum Gasteiger partial charge on any atom is 0.330 e. The van der Waals surface area contributed by atoms with Crippen molar-refractivity contribution in [2.45, 2.75) is 0 Å². The molecule has 0 aliphatic carbocycles. The zero-order valence-electron chi connectivity index (χ0n) is 7.45. The standard InChI is InChI=1S/C8H7ClN4OS/c9-4-1-2-5-6(3-4)15-8(11-5)13-12-7(10)14/h1-3H,(H,11,13)(H3,10,12,14). The van der Waals surface area contributed by atoms with Gasteiger partial charge in [-0.15, -0.1) is 0 Å². The number of carbonyl (C=O) groups is 1. The van der Waals surface area contributed by atoms with Crippen LogP contribution in [0.4, 0.5) is 9.93 Å². The highest BCUT2D eigenvalue weighted by Crippen LogP contribution is 2.27. The number of amides is 2. The Morgan fingerprint density at radius 1 is 1.53 bits per heavy atom. The molecular weight excluding hydrogens is 236 g/mol. The first-order valence-electron chi connectivity index (χ1n) is 4.03. The molecule has 0 saturated carbocycles. The molecule has 7 heteroatoms. The summed E-state index contributed by atoms with van der Waals surface area (Å²) in [6, 6.07) is 4.72. The van der Waals surface area contributed by atoms with Crippen molar-refractivity contribution < 1.29 is 4.79 Å². The van der Waals surface area contributed by atoms with Gasteiger partial charge in [-0.2, -0.15) is 0 Å². The molecule has 0 aliphatic rings. The van der Waals surface area contributed by atoms with Crippen LogP contribution in [-0.2, 0) is 0 Å². The summed E-state index contributed by atoms with van der Waals surface area (Å²) in [5, 5.41) is 1.21. The van der Waals surface area contributed by atoms with Gasteiger partial charge >= 0.3 is 6.03 Å². The molecule has 4 N–H and O–H groups in total. The molecule has 0 bridgehead atoms. The average molecular weight is 243 g/mol. The second kappa shape index (κ2) is 3.92. The van der Waals surface area contributed by atoms with E-state index in [1.807, 2.05) is 12.1 Å². The summed E-state index contributed by atoms with van der Waals surface area (Å²) in [5.74, 6) is 0. The lowest BCUT2D eigenvalue weighted by Gasteiger charge is -1.99. The van der Waals surface area contributed by atoms with Gasteiger partial charge in [-0.25, -0.2) is 15.2 Å². The Morgan fingerprint density at radius 3 is 3.07 bits per heavy atom. The van der Waals surface area contributed by atoms with Crippen LogP contribution >= 0.6 is 22.9 Å². The van der Waals surface area contributed by atoms with Gasteiger partial charge in [0.2, 0.25) is 5.13 Å². The van der Waals surface area contributed by atoms with Crippen molar-refractivity contribution in [3.05, 3.63) is 23.2 Å². The van der Waals surface area contributed by atoms with Gasteiger partial charge in [-0.1, -0.05) is 22.9 Å². The Kier molecular flexibility index (Phi) is 2.61. The Morgan fingerprint density at radius 2 is 2.33 bits per heavy atom. The van der Waals surface area contributed by atoms with Crippen LogP contribution in [0.2, 0.25) is 5.02 Å². The predicted molar refractivity (Wildman–Crippen MR) is 61.0 cm³/mol. The number of primary amides is 1. The van der Waals surface area contributed by atoms with Crippen LogP contribution in [0.5, 0.6) is 0 Å². The molecule has 0 aliphatic heterocycles. The number of anilines is 1. The van der Waals surface area contributed by atoms with Crippen LogP contribution in [0.25, 0.3) is 10.2 Å². The van der Waals surface area contributed by atoms with Gasteiger partial charge in [-0.3, -0.25) is 5.43 Å². The third-order valence-electron chi connectivity index (χ3n) is 1.64. The molecule has 0 fully saturated rings. The lowest BCUT2D eigenvalue weighted by atomic mass is 10.3. The summed E-state index contributed by atoms with van der Waals surface area (Å²) in [7, 11) is 0.